The van der Waals surface area contributed by atoms with Gasteiger partial charge in [0, 0.05) is 5.56 Å². The average molecular weight is 392 g/mol. The van der Waals surface area contributed by atoms with E-state index in [1.54, 1.807) is 19.2 Å². The number of rotatable bonds is 5. The molecule has 1 atom stereocenters. The van der Waals surface area contributed by atoms with Gasteiger partial charge in [-0.3, -0.25) is 5.32 Å². The molecule has 148 valence electrons. The van der Waals surface area contributed by atoms with Crippen molar-refractivity contribution in [1.29, 1.82) is 10.5 Å². The van der Waals surface area contributed by atoms with Gasteiger partial charge in [0.1, 0.15) is 29.3 Å². The number of benzene rings is 1. The molecule has 0 amide bonds. The molecule has 0 bridgehead atoms. The number of nitrogens with zero attached hydrogens (tertiary/aromatic N) is 4. The number of pyridine rings is 1. The summed E-state index contributed by atoms with van der Waals surface area (Å²) in [5, 5.41) is 23.7. The van der Waals surface area contributed by atoms with Crippen LogP contribution < -0.4 is 31.6 Å². The van der Waals surface area contributed by atoms with E-state index >= 15 is 0 Å². The van der Waals surface area contributed by atoms with Gasteiger partial charge < -0.3 is 26.3 Å². The van der Waals surface area contributed by atoms with Gasteiger partial charge in [0.2, 0.25) is 5.96 Å². The smallest absolute Gasteiger partial charge is 0.211 e. The molecule has 1 aliphatic rings. The first-order valence-corrected chi connectivity index (χ1v) is 8.83. The molecule has 0 aliphatic carbocycles. The first-order chi connectivity index (χ1) is 14.0. The molecule has 1 unspecified atom stereocenters. The van der Waals surface area contributed by atoms with Crippen LogP contribution in [0.2, 0.25) is 0 Å². The molecule has 6 N–H and O–H groups in total. The van der Waals surface area contributed by atoms with Crippen molar-refractivity contribution in [2.75, 3.05) is 30.5 Å². The molecule has 29 heavy (non-hydrogen) atoms. The number of methoxy groups -OCH3 is 1. The van der Waals surface area contributed by atoms with Gasteiger partial charge in [0.05, 0.1) is 19.4 Å². The molecule has 0 radical (unpaired) electrons. The van der Waals surface area contributed by atoms with E-state index in [-0.39, 0.29) is 23.0 Å². The Kier molecular flexibility index (Phi) is 5.56. The van der Waals surface area contributed by atoms with Crippen molar-refractivity contribution in [1.82, 2.24) is 10.3 Å². The first kappa shape index (κ1) is 19.6. The van der Waals surface area contributed by atoms with Crippen LogP contribution in [0.1, 0.15) is 36.1 Å². The average Bonchev–Trinajstić information content (AvgIpc) is 2.71. The van der Waals surface area contributed by atoms with Gasteiger partial charge in [-0.1, -0.05) is 13.0 Å². The molecular formula is C19H20N8O2. The maximum absolute atomic E-state index is 9.41. The molecule has 3 rings (SSSR count). The number of nitrogens with two attached hydrogens (primary N) is 2. The molecule has 2 heterocycles. The number of fused-ring (bicyclic) bond motifs is 1. The van der Waals surface area contributed by atoms with Crippen molar-refractivity contribution < 1.29 is 9.47 Å². The largest absolute Gasteiger partial charge is 0.493 e. The van der Waals surface area contributed by atoms with Crippen molar-refractivity contribution in [2.24, 2.45) is 4.99 Å². The standard InChI is InChI=1S/C19H20N8O2/c1-3-6-29-13-7-10(4-5-12(13)28-2)16-14-15(22)11(8-20)17(23)26-18(14)27-19(25-16)24-9-21/h4-5,7,16H,3,6H2,1-2H3,(H6,22,23,24,25,26,27). The van der Waals surface area contributed by atoms with Crippen molar-refractivity contribution in [3.05, 3.63) is 34.9 Å². The molecule has 1 aromatic heterocycles. The van der Waals surface area contributed by atoms with Crippen molar-refractivity contribution in [3.8, 4) is 23.8 Å². The number of guanidine groups is 1. The number of nitrogens with one attached hydrogen (secondary N) is 2. The predicted octanol–water partition coefficient (Wildman–Crippen LogP) is 1.86. The SMILES string of the molecule is CCCOc1cc(C2N=C(NC#N)Nc3nc(N)c(C#N)c(N)c32)ccc1OC. The van der Waals surface area contributed by atoms with Crippen molar-refractivity contribution in [2.45, 2.75) is 19.4 Å². The summed E-state index contributed by atoms with van der Waals surface area (Å²) in [5.41, 5.74) is 13.6. The van der Waals surface area contributed by atoms with Crippen LogP contribution in [0.4, 0.5) is 17.3 Å². The maximum atomic E-state index is 9.41. The van der Waals surface area contributed by atoms with E-state index < -0.39 is 6.04 Å². The van der Waals surface area contributed by atoms with E-state index in [0.717, 1.165) is 12.0 Å². The second-order valence-corrected chi connectivity index (χ2v) is 6.16. The fraction of sp³-hybridized carbons (Fsp3) is 0.263. The number of ether oxygens (including phenoxy) is 2. The summed E-state index contributed by atoms with van der Waals surface area (Å²) in [6.45, 7) is 2.52. The lowest BCUT2D eigenvalue weighted by atomic mass is 9.95. The Morgan fingerprint density at radius 1 is 1.28 bits per heavy atom. The fourth-order valence-electron chi connectivity index (χ4n) is 3.01. The summed E-state index contributed by atoms with van der Waals surface area (Å²) in [4.78, 5) is 8.77. The molecule has 2 aromatic rings. The van der Waals surface area contributed by atoms with Crippen LogP contribution >= 0.6 is 0 Å². The third-order valence-electron chi connectivity index (χ3n) is 4.32. The molecule has 1 aliphatic heterocycles. The summed E-state index contributed by atoms with van der Waals surface area (Å²) in [6.07, 6.45) is 2.65. The van der Waals surface area contributed by atoms with E-state index in [9.17, 15) is 5.26 Å². The highest BCUT2D eigenvalue weighted by Crippen LogP contribution is 2.42. The highest BCUT2D eigenvalue weighted by Gasteiger charge is 2.30. The summed E-state index contributed by atoms with van der Waals surface area (Å²) < 4.78 is 11.2. The van der Waals surface area contributed by atoms with Crippen LogP contribution in [0.15, 0.2) is 23.2 Å². The zero-order valence-corrected chi connectivity index (χ0v) is 16.0. The summed E-state index contributed by atoms with van der Waals surface area (Å²) >= 11 is 0. The van der Waals surface area contributed by atoms with Gasteiger partial charge >= 0.3 is 0 Å². The van der Waals surface area contributed by atoms with Crippen LogP contribution in [0.5, 0.6) is 11.5 Å². The van der Waals surface area contributed by atoms with Gasteiger partial charge in [-0.05, 0) is 24.1 Å². The minimum atomic E-state index is -0.641. The molecule has 0 spiro atoms. The molecule has 0 saturated heterocycles. The van der Waals surface area contributed by atoms with Crippen molar-refractivity contribution >= 4 is 23.3 Å². The van der Waals surface area contributed by atoms with Crippen LogP contribution in [-0.4, -0.2) is 24.7 Å². The Labute approximate surface area is 167 Å². The first-order valence-electron chi connectivity index (χ1n) is 8.83. The van der Waals surface area contributed by atoms with Gasteiger partial charge in [-0.15, -0.1) is 0 Å². The number of hydrogen-bond donors (Lipinski definition) is 4. The van der Waals surface area contributed by atoms with Gasteiger partial charge in [0.15, 0.2) is 17.7 Å². The second kappa shape index (κ2) is 8.23. The predicted molar refractivity (Wildman–Crippen MR) is 108 cm³/mol. The molecule has 0 fully saturated rings. The van der Waals surface area contributed by atoms with Gasteiger partial charge in [-0.25, -0.2) is 9.98 Å². The number of aliphatic imine (C=N–C) groups is 1. The second-order valence-electron chi connectivity index (χ2n) is 6.16. The number of nitriles is 2. The molecule has 10 heteroatoms. The summed E-state index contributed by atoms with van der Waals surface area (Å²) in [5.74, 6) is 1.64. The Bertz CT molecular complexity index is 1050. The lowest BCUT2D eigenvalue weighted by molar-refractivity contribution is 0.294. The van der Waals surface area contributed by atoms with E-state index in [1.807, 2.05) is 25.3 Å². The van der Waals surface area contributed by atoms with Crippen LogP contribution in [0, 0.1) is 22.8 Å². The number of aromatic nitrogens is 1. The van der Waals surface area contributed by atoms with Gasteiger partial charge in [-0.2, -0.15) is 10.5 Å². The van der Waals surface area contributed by atoms with E-state index in [4.69, 9.17) is 26.2 Å². The molecule has 1 aromatic carbocycles. The minimum Gasteiger partial charge on any atom is -0.493 e. The Balaban J connectivity index is 2.18. The van der Waals surface area contributed by atoms with E-state index in [0.29, 0.717) is 29.5 Å². The Morgan fingerprint density at radius 2 is 2.07 bits per heavy atom. The number of nitrogen functional groups attached to an aromatic ring is 2. The van der Waals surface area contributed by atoms with E-state index in [2.05, 4.69) is 20.6 Å². The topological polar surface area (TPSA) is 167 Å². The highest BCUT2D eigenvalue weighted by molar-refractivity contribution is 5.98. The number of anilines is 3. The van der Waals surface area contributed by atoms with Crippen molar-refractivity contribution in [3.63, 3.8) is 0 Å². The zero-order valence-electron chi connectivity index (χ0n) is 16.0. The maximum Gasteiger partial charge on any atom is 0.211 e. The molecular weight excluding hydrogens is 372 g/mol. The van der Waals surface area contributed by atoms with Crippen LogP contribution in [0.25, 0.3) is 0 Å². The lowest BCUT2D eigenvalue weighted by Crippen LogP contribution is -2.32. The normalized spacial score (nSPS) is 14.5. The van der Waals surface area contributed by atoms with Gasteiger partial charge in [0.25, 0.3) is 0 Å². The van der Waals surface area contributed by atoms with E-state index in [1.165, 1.54) is 0 Å². The highest BCUT2D eigenvalue weighted by atomic mass is 16.5. The zero-order chi connectivity index (χ0) is 21.0. The minimum absolute atomic E-state index is 0.00472. The lowest BCUT2D eigenvalue weighted by Gasteiger charge is -2.26. The Morgan fingerprint density at radius 3 is 2.72 bits per heavy atom. The quantitative estimate of drug-likeness (QED) is 0.438. The fourth-order valence-corrected chi connectivity index (χ4v) is 3.01. The summed E-state index contributed by atoms with van der Waals surface area (Å²) in [7, 11) is 1.56. The number of hydrogen-bond acceptors (Lipinski definition) is 10. The van der Waals surface area contributed by atoms with Crippen LogP contribution in [0.3, 0.4) is 0 Å². The third-order valence-corrected chi connectivity index (χ3v) is 4.32. The molecule has 0 saturated carbocycles. The van der Waals surface area contributed by atoms with Crippen LogP contribution in [-0.2, 0) is 0 Å². The monoisotopic (exact) mass is 392 g/mol. The summed E-state index contributed by atoms with van der Waals surface area (Å²) in [6, 6.07) is 6.71. The Hall–Kier alpha value is -4.18. The third kappa shape index (κ3) is 3.64. The molecule has 10 nitrogen and oxygen atoms in total.